The molecule has 3 rings (SSSR count). The highest BCUT2D eigenvalue weighted by atomic mass is 79.9. The average molecular weight is 429 g/mol. The van der Waals surface area contributed by atoms with Crippen molar-refractivity contribution in [2.75, 3.05) is 11.4 Å². The Morgan fingerprint density at radius 2 is 1.78 bits per heavy atom. The summed E-state index contributed by atoms with van der Waals surface area (Å²) in [5.74, 6) is -0.729. The van der Waals surface area contributed by atoms with E-state index in [9.17, 15) is 14.4 Å². The molecule has 0 aliphatic carbocycles. The number of benzene rings is 2. The summed E-state index contributed by atoms with van der Waals surface area (Å²) in [7, 11) is 0. The number of carbonyl (C=O) groups is 3. The summed E-state index contributed by atoms with van der Waals surface area (Å²) in [6.07, 6.45) is 0.962. The number of carbonyl (C=O) groups excluding carboxylic acids is 3. The molecule has 0 N–H and O–H groups in total. The van der Waals surface area contributed by atoms with E-state index in [1.54, 1.807) is 36.1 Å². The van der Waals surface area contributed by atoms with Crippen LogP contribution in [0.15, 0.2) is 59.1 Å². The minimum atomic E-state index is -0.739. The van der Waals surface area contributed by atoms with Gasteiger partial charge in [-0.25, -0.2) is 4.90 Å². The van der Waals surface area contributed by atoms with Crippen LogP contribution in [-0.2, 0) is 20.8 Å². The molecule has 1 fully saturated rings. The van der Waals surface area contributed by atoms with Gasteiger partial charge in [-0.3, -0.25) is 14.4 Å². The number of rotatable bonds is 6. The van der Waals surface area contributed by atoms with Gasteiger partial charge >= 0.3 is 0 Å². The van der Waals surface area contributed by atoms with E-state index in [-0.39, 0.29) is 24.1 Å². The molecule has 1 saturated heterocycles. The van der Waals surface area contributed by atoms with E-state index in [4.69, 9.17) is 0 Å². The van der Waals surface area contributed by atoms with Crippen LogP contribution in [0.3, 0.4) is 0 Å². The summed E-state index contributed by atoms with van der Waals surface area (Å²) < 4.78 is 0.868. The van der Waals surface area contributed by atoms with Gasteiger partial charge in [0.2, 0.25) is 11.8 Å². The fourth-order valence-electron chi connectivity index (χ4n) is 3.27. The topological polar surface area (TPSA) is 57.7 Å². The molecule has 1 aliphatic heterocycles. The van der Waals surface area contributed by atoms with Gasteiger partial charge in [-0.05, 0) is 36.2 Å². The van der Waals surface area contributed by atoms with E-state index in [1.165, 1.54) is 4.90 Å². The van der Waals surface area contributed by atoms with Crippen LogP contribution in [0.5, 0.6) is 0 Å². The predicted octanol–water partition coefficient (Wildman–Crippen LogP) is 3.56. The van der Waals surface area contributed by atoms with Gasteiger partial charge in [-0.15, -0.1) is 0 Å². The van der Waals surface area contributed by atoms with Crippen LogP contribution in [0.4, 0.5) is 5.69 Å². The van der Waals surface area contributed by atoms with Crippen molar-refractivity contribution in [2.24, 2.45) is 0 Å². The molecule has 2 aromatic carbocycles. The lowest BCUT2D eigenvalue weighted by Gasteiger charge is -2.27. The molecule has 2 aromatic rings. The van der Waals surface area contributed by atoms with Gasteiger partial charge in [-0.1, -0.05) is 53.2 Å². The molecule has 3 amide bonds. The quantitative estimate of drug-likeness (QED) is 0.660. The van der Waals surface area contributed by atoms with Crippen LogP contribution in [0.2, 0.25) is 0 Å². The van der Waals surface area contributed by atoms with E-state index in [0.717, 1.165) is 10.0 Å². The molecule has 0 bridgehead atoms. The van der Waals surface area contributed by atoms with Gasteiger partial charge in [-0.2, -0.15) is 0 Å². The number of hydrogen-bond donors (Lipinski definition) is 0. The molecule has 6 heteroatoms. The van der Waals surface area contributed by atoms with Gasteiger partial charge in [0, 0.05) is 17.4 Å². The first-order valence-electron chi connectivity index (χ1n) is 8.97. The first-order chi connectivity index (χ1) is 13.0. The van der Waals surface area contributed by atoms with Gasteiger partial charge in [0.25, 0.3) is 5.91 Å². The summed E-state index contributed by atoms with van der Waals surface area (Å²) in [5.41, 5.74) is 1.62. The lowest BCUT2D eigenvalue weighted by Crippen LogP contribution is -2.46. The maximum Gasteiger partial charge on any atom is 0.257 e. The van der Waals surface area contributed by atoms with Crippen LogP contribution in [-0.4, -0.2) is 35.2 Å². The SMILES string of the molecule is CCC(=O)N(CCc1ccccc1)C1CC(=O)N(c2ccc(Br)cc2)C1=O. The van der Waals surface area contributed by atoms with E-state index in [2.05, 4.69) is 15.9 Å². The van der Waals surface area contributed by atoms with Crippen LogP contribution < -0.4 is 4.90 Å². The standard InChI is InChI=1S/C21H21BrN2O3/c1-2-19(25)23(13-12-15-6-4-3-5-7-15)18-14-20(26)24(21(18)27)17-10-8-16(22)9-11-17/h3-11,18H,2,12-14H2,1H3. The fourth-order valence-corrected chi connectivity index (χ4v) is 3.54. The normalized spacial score (nSPS) is 16.7. The molecule has 0 spiro atoms. The Bertz CT molecular complexity index is 836. The maximum atomic E-state index is 13.0. The predicted molar refractivity (Wildman–Crippen MR) is 107 cm³/mol. The minimum absolute atomic E-state index is 0.0232. The summed E-state index contributed by atoms with van der Waals surface area (Å²) >= 11 is 3.35. The fraction of sp³-hybridized carbons (Fsp3) is 0.286. The number of halogens is 1. The van der Waals surface area contributed by atoms with Gasteiger partial charge in [0.15, 0.2) is 0 Å². The molecular weight excluding hydrogens is 408 g/mol. The van der Waals surface area contributed by atoms with Crippen molar-refractivity contribution in [3.63, 3.8) is 0 Å². The first-order valence-corrected chi connectivity index (χ1v) is 9.76. The Hall–Kier alpha value is -2.47. The van der Waals surface area contributed by atoms with Gasteiger partial charge in [0.05, 0.1) is 12.1 Å². The molecule has 27 heavy (non-hydrogen) atoms. The Kier molecular flexibility index (Phi) is 6.06. The smallest absolute Gasteiger partial charge is 0.257 e. The molecule has 1 aliphatic rings. The zero-order valence-electron chi connectivity index (χ0n) is 15.1. The van der Waals surface area contributed by atoms with E-state index < -0.39 is 6.04 Å². The Morgan fingerprint density at radius 1 is 1.11 bits per heavy atom. The number of amides is 3. The van der Waals surface area contributed by atoms with E-state index in [0.29, 0.717) is 25.1 Å². The minimum Gasteiger partial charge on any atom is -0.330 e. The highest BCUT2D eigenvalue weighted by Crippen LogP contribution is 2.27. The number of imide groups is 1. The van der Waals surface area contributed by atoms with Crippen molar-refractivity contribution in [1.82, 2.24) is 4.90 Å². The lowest BCUT2D eigenvalue weighted by atomic mass is 10.1. The Balaban J connectivity index is 1.80. The molecule has 5 nitrogen and oxygen atoms in total. The summed E-state index contributed by atoms with van der Waals surface area (Å²) in [6, 6.07) is 16.1. The molecule has 140 valence electrons. The van der Waals surface area contributed by atoms with Crippen LogP contribution >= 0.6 is 15.9 Å². The highest BCUT2D eigenvalue weighted by molar-refractivity contribution is 9.10. The largest absolute Gasteiger partial charge is 0.330 e. The average Bonchev–Trinajstić information content (AvgIpc) is 2.97. The van der Waals surface area contributed by atoms with Crippen LogP contribution in [0.25, 0.3) is 0 Å². The van der Waals surface area contributed by atoms with Crippen molar-refractivity contribution in [3.05, 3.63) is 64.6 Å². The molecule has 1 atom stereocenters. The summed E-state index contributed by atoms with van der Waals surface area (Å²) in [4.78, 5) is 40.7. The molecule has 0 saturated carbocycles. The number of hydrogen-bond acceptors (Lipinski definition) is 3. The second-order valence-electron chi connectivity index (χ2n) is 6.44. The molecule has 0 radical (unpaired) electrons. The second kappa shape index (κ2) is 8.48. The Morgan fingerprint density at radius 3 is 2.41 bits per heavy atom. The van der Waals surface area contributed by atoms with Crippen LogP contribution in [0.1, 0.15) is 25.3 Å². The first kappa shape index (κ1) is 19.3. The number of nitrogens with zero attached hydrogens (tertiary/aromatic N) is 2. The highest BCUT2D eigenvalue weighted by Gasteiger charge is 2.43. The van der Waals surface area contributed by atoms with Crippen molar-refractivity contribution in [1.29, 1.82) is 0 Å². The third kappa shape index (κ3) is 4.27. The van der Waals surface area contributed by atoms with Crippen molar-refractivity contribution in [3.8, 4) is 0 Å². The second-order valence-corrected chi connectivity index (χ2v) is 7.36. The van der Waals surface area contributed by atoms with Crippen molar-refractivity contribution >= 4 is 39.3 Å². The number of anilines is 1. The van der Waals surface area contributed by atoms with Crippen molar-refractivity contribution in [2.45, 2.75) is 32.2 Å². The van der Waals surface area contributed by atoms with Gasteiger partial charge < -0.3 is 4.90 Å². The Labute approximate surface area is 167 Å². The van der Waals surface area contributed by atoms with Gasteiger partial charge in [0.1, 0.15) is 6.04 Å². The van der Waals surface area contributed by atoms with E-state index >= 15 is 0 Å². The summed E-state index contributed by atoms with van der Waals surface area (Å²) in [6.45, 7) is 2.18. The molecule has 1 unspecified atom stereocenters. The van der Waals surface area contributed by atoms with E-state index in [1.807, 2.05) is 30.3 Å². The summed E-state index contributed by atoms with van der Waals surface area (Å²) in [5, 5.41) is 0. The van der Waals surface area contributed by atoms with Crippen molar-refractivity contribution < 1.29 is 14.4 Å². The molecular formula is C21H21BrN2O3. The third-order valence-electron chi connectivity index (χ3n) is 4.69. The monoisotopic (exact) mass is 428 g/mol. The lowest BCUT2D eigenvalue weighted by molar-refractivity contribution is -0.138. The maximum absolute atomic E-state index is 13.0. The molecule has 1 heterocycles. The van der Waals surface area contributed by atoms with Crippen LogP contribution in [0, 0.1) is 0 Å². The molecule has 0 aromatic heterocycles. The zero-order chi connectivity index (χ0) is 19.4. The zero-order valence-corrected chi connectivity index (χ0v) is 16.7. The third-order valence-corrected chi connectivity index (χ3v) is 5.22.